The number of ether oxygens (including phenoxy) is 1. The van der Waals surface area contributed by atoms with Crippen molar-refractivity contribution >= 4 is 34.5 Å². The maximum atomic E-state index is 12.6. The molecular weight excluding hydrogens is 368 g/mol. The number of hydrogen-bond donors (Lipinski definition) is 1. The average molecular weight is 387 g/mol. The molecule has 0 aliphatic heterocycles. The molecule has 2 aromatic carbocycles. The van der Waals surface area contributed by atoms with Crippen LogP contribution in [-0.4, -0.2) is 18.0 Å². The highest BCUT2D eigenvalue weighted by Crippen LogP contribution is 2.30. The summed E-state index contributed by atoms with van der Waals surface area (Å²) in [4.78, 5) is 17.8. The Bertz CT molecular complexity index is 935. The highest BCUT2D eigenvalue weighted by Gasteiger charge is 2.17. The Morgan fingerprint density at radius 2 is 1.96 bits per heavy atom. The van der Waals surface area contributed by atoms with Crippen LogP contribution < -0.4 is 10.1 Å². The van der Waals surface area contributed by atoms with E-state index in [9.17, 15) is 4.79 Å². The zero-order valence-electron chi connectivity index (χ0n) is 14.8. The third kappa shape index (κ3) is 3.89. The Kier molecular flexibility index (Phi) is 5.59. The van der Waals surface area contributed by atoms with Gasteiger partial charge in [-0.2, -0.15) is 0 Å². The lowest BCUT2D eigenvalue weighted by atomic mass is 10.1. The van der Waals surface area contributed by atoms with Gasteiger partial charge in [-0.1, -0.05) is 42.8 Å². The van der Waals surface area contributed by atoms with E-state index in [1.807, 2.05) is 19.1 Å². The van der Waals surface area contributed by atoms with Crippen molar-refractivity contribution in [1.82, 2.24) is 4.98 Å². The molecule has 0 radical (unpaired) electrons. The molecule has 4 nitrogen and oxygen atoms in total. The van der Waals surface area contributed by atoms with Crippen molar-refractivity contribution in [2.24, 2.45) is 0 Å². The minimum absolute atomic E-state index is 0.197. The molecule has 1 heterocycles. The molecule has 0 spiro atoms. The summed E-state index contributed by atoms with van der Waals surface area (Å²) in [7, 11) is 1.55. The van der Waals surface area contributed by atoms with E-state index in [0.717, 1.165) is 17.0 Å². The van der Waals surface area contributed by atoms with Gasteiger partial charge in [0.15, 0.2) is 0 Å². The highest BCUT2D eigenvalue weighted by molar-refractivity contribution is 7.17. The molecule has 0 saturated carbocycles. The van der Waals surface area contributed by atoms with Crippen LogP contribution in [0.4, 0.5) is 5.69 Å². The van der Waals surface area contributed by atoms with E-state index in [1.54, 1.807) is 25.3 Å². The van der Waals surface area contributed by atoms with E-state index < -0.39 is 0 Å². The fourth-order valence-corrected chi connectivity index (χ4v) is 3.77. The Morgan fingerprint density at radius 1 is 1.23 bits per heavy atom. The minimum atomic E-state index is -0.197. The third-order valence-corrected chi connectivity index (χ3v) is 5.52. The SMILES string of the molecule is CCc1ccc(-c2nc(C)c(C(=O)Nc3ccc(OC)c(Cl)c3)s2)cc1. The molecule has 0 aliphatic carbocycles. The van der Waals surface area contributed by atoms with Gasteiger partial charge in [0.1, 0.15) is 15.6 Å². The van der Waals surface area contributed by atoms with Crippen LogP contribution in [0.15, 0.2) is 42.5 Å². The maximum Gasteiger partial charge on any atom is 0.267 e. The van der Waals surface area contributed by atoms with Crippen molar-refractivity contribution in [3.8, 4) is 16.3 Å². The first-order valence-corrected chi connectivity index (χ1v) is 9.43. The number of nitrogens with zero attached hydrogens (tertiary/aromatic N) is 1. The number of carbonyl (C=O) groups excluding carboxylic acids is 1. The molecule has 0 saturated heterocycles. The fraction of sp³-hybridized carbons (Fsp3) is 0.200. The summed E-state index contributed by atoms with van der Waals surface area (Å²) in [5, 5.41) is 4.15. The summed E-state index contributed by atoms with van der Waals surface area (Å²) in [6.07, 6.45) is 0.995. The Balaban J connectivity index is 1.81. The highest BCUT2D eigenvalue weighted by atomic mass is 35.5. The number of amides is 1. The van der Waals surface area contributed by atoms with Crippen LogP contribution in [0.1, 0.15) is 27.9 Å². The second-order valence-corrected chi connectivity index (χ2v) is 7.19. The largest absolute Gasteiger partial charge is 0.495 e. The summed E-state index contributed by atoms with van der Waals surface area (Å²) in [5.41, 5.74) is 3.61. The zero-order valence-corrected chi connectivity index (χ0v) is 16.4. The molecule has 6 heteroatoms. The Hall–Kier alpha value is -2.37. The number of thiazole rings is 1. The van der Waals surface area contributed by atoms with Crippen LogP contribution in [0.2, 0.25) is 5.02 Å². The molecular formula is C20H19ClN2O2S. The first-order valence-electron chi connectivity index (χ1n) is 8.23. The van der Waals surface area contributed by atoms with Gasteiger partial charge in [0.05, 0.1) is 17.8 Å². The van der Waals surface area contributed by atoms with Gasteiger partial charge >= 0.3 is 0 Å². The van der Waals surface area contributed by atoms with Crippen molar-refractivity contribution in [2.75, 3.05) is 12.4 Å². The third-order valence-electron chi connectivity index (χ3n) is 4.02. The molecule has 1 aromatic heterocycles. The lowest BCUT2D eigenvalue weighted by Crippen LogP contribution is -2.11. The van der Waals surface area contributed by atoms with E-state index in [2.05, 4.69) is 29.4 Å². The van der Waals surface area contributed by atoms with Crippen LogP contribution in [0.3, 0.4) is 0 Å². The van der Waals surface area contributed by atoms with Gasteiger partial charge in [0, 0.05) is 11.3 Å². The monoisotopic (exact) mass is 386 g/mol. The number of anilines is 1. The second kappa shape index (κ2) is 7.89. The zero-order chi connectivity index (χ0) is 18.7. The molecule has 26 heavy (non-hydrogen) atoms. The van der Waals surface area contributed by atoms with Crippen molar-refractivity contribution in [3.63, 3.8) is 0 Å². The lowest BCUT2D eigenvalue weighted by molar-refractivity contribution is 0.103. The van der Waals surface area contributed by atoms with Crippen molar-refractivity contribution < 1.29 is 9.53 Å². The van der Waals surface area contributed by atoms with Gasteiger partial charge < -0.3 is 10.1 Å². The van der Waals surface area contributed by atoms with Crippen LogP contribution in [0.5, 0.6) is 5.75 Å². The number of aryl methyl sites for hydroxylation is 2. The number of benzene rings is 2. The van der Waals surface area contributed by atoms with Crippen molar-refractivity contribution in [1.29, 1.82) is 0 Å². The minimum Gasteiger partial charge on any atom is -0.495 e. The van der Waals surface area contributed by atoms with Gasteiger partial charge in [-0.15, -0.1) is 11.3 Å². The van der Waals surface area contributed by atoms with E-state index in [1.165, 1.54) is 16.9 Å². The van der Waals surface area contributed by atoms with Gasteiger partial charge in [-0.3, -0.25) is 4.79 Å². The molecule has 3 aromatic rings. The molecule has 3 rings (SSSR count). The number of nitrogens with one attached hydrogen (secondary N) is 1. The molecule has 0 unspecified atom stereocenters. The number of hydrogen-bond acceptors (Lipinski definition) is 4. The number of rotatable bonds is 5. The number of methoxy groups -OCH3 is 1. The summed E-state index contributed by atoms with van der Waals surface area (Å²) in [6, 6.07) is 13.4. The van der Waals surface area contributed by atoms with Crippen molar-refractivity contribution in [2.45, 2.75) is 20.3 Å². The maximum absolute atomic E-state index is 12.6. The van der Waals surface area contributed by atoms with Gasteiger partial charge in [0.2, 0.25) is 0 Å². The molecule has 0 fully saturated rings. The fourth-order valence-electron chi connectivity index (χ4n) is 2.55. The van der Waals surface area contributed by atoms with Crippen LogP contribution in [-0.2, 0) is 6.42 Å². The number of halogens is 1. The van der Waals surface area contributed by atoms with E-state index in [0.29, 0.717) is 27.0 Å². The smallest absolute Gasteiger partial charge is 0.267 e. The average Bonchev–Trinajstić information content (AvgIpc) is 3.04. The van der Waals surface area contributed by atoms with Crippen LogP contribution >= 0.6 is 22.9 Å². The normalized spacial score (nSPS) is 10.6. The van der Waals surface area contributed by atoms with E-state index >= 15 is 0 Å². The molecule has 0 aliphatic rings. The van der Waals surface area contributed by atoms with Gasteiger partial charge in [-0.25, -0.2) is 4.98 Å². The number of carbonyl (C=O) groups is 1. The second-order valence-electron chi connectivity index (χ2n) is 5.79. The molecule has 1 amide bonds. The van der Waals surface area contributed by atoms with Gasteiger partial charge in [-0.05, 0) is 37.1 Å². The molecule has 134 valence electrons. The Morgan fingerprint density at radius 3 is 2.58 bits per heavy atom. The molecule has 0 atom stereocenters. The van der Waals surface area contributed by atoms with E-state index in [-0.39, 0.29) is 5.91 Å². The molecule has 1 N–H and O–H groups in total. The van der Waals surface area contributed by atoms with Crippen LogP contribution in [0.25, 0.3) is 10.6 Å². The lowest BCUT2D eigenvalue weighted by Gasteiger charge is -2.07. The quantitative estimate of drug-likeness (QED) is 0.621. The van der Waals surface area contributed by atoms with Crippen molar-refractivity contribution in [3.05, 3.63) is 63.6 Å². The Labute approximate surface area is 161 Å². The summed E-state index contributed by atoms with van der Waals surface area (Å²) in [5.74, 6) is 0.370. The van der Waals surface area contributed by atoms with Gasteiger partial charge in [0.25, 0.3) is 5.91 Å². The first-order chi connectivity index (χ1) is 12.5. The first kappa shape index (κ1) is 18.4. The summed E-state index contributed by atoms with van der Waals surface area (Å²) >= 11 is 7.50. The summed E-state index contributed by atoms with van der Waals surface area (Å²) < 4.78 is 5.12. The predicted molar refractivity (Wildman–Crippen MR) is 108 cm³/mol. The topological polar surface area (TPSA) is 51.2 Å². The van der Waals surface area contributed by atoms with E-state index in [4.69, 9.17) is 16.3 Å². The standard InChI is InChI=1S/C20H19ClN2O2S/c1-4-13-5-7-14(8-6-13)20-22-12(2)18(26-20)19(24)23-15-9-10-17(25-3)16(21)11-15/h5-11H,4H2,1-3H3,(H,23,24). The predicted octanol–water partition coefficient (Wildman–Crippen LogP) is 5.60. The number of aromatic nitrogens is 1. The van der Waals surface area contributed by atoms with Crippen LogP contribution in [0, 0.1) is 6.92 Å². The molecule has 0 bridgehead atoms. The summed E-state index contributed by atoms with van der Waals surface area (Å²) in [6.45, 7) is 3.97.